The molecule has 24 heavy (non-hydrogen) atoms. The average Bonchev–Trinajstić information content (AvgIpc) is 2.55. The molecule has 0 aliphatic heterocycles. The molecule has 1 N–H and O–H groups in total. The van der Waals surface area contributed by atoms with Gasteiger partial charge in [-0.1, -0.05) is 29.8 Å². The van der Waals surface area contributed by atoms with Gasteiger partial charge >= 0.3 is 0 Å². The number of aryl methyl sites for hydroxylation is 1. The molecule has 4 nitrogen and oxygen atoms in total. The predicted octanol–water partition coefficient (Wildman–Crippen LogP) is 4.10. The molecule has 0 atom stereocenters. The van der Waals surface area contributed by atoms with Crippen LogP contribution in [0.5, 0.6) is 5.75 Å². The minimum Gasteiger partial charge on any atom is -0.493 e. The average molecular weight is 349 g/mol. The Morgan fingerprint density at radius 2 is 2.12 bits per heavy atom. The van der Waals surface area contributed by atoms with Gasteiger partial charge in [0.15, 0.2) is 0 Å². The number of halogens is 2. The molecule has 2 aromatic rings. The molecule has 0 bridgehead atoms. The van der Waals surface area contributed by atoms with E-state index in [-0.39, 0.29) is 18.1 Å². The fourth-order valence-corrected chi connectivity index (χ4v) is 2.23. The van der Waals surface area contributed by atoms with Crippen LogP contribution in [0.15, 0.2) is 47.6 Å². The first kappa shape index (κ1) is 17.9. The molecule has 0 aliphatic carbocycles. The molecule has 126 valence electrons. The second kappa shape index (κ2) is 9.03. The molecule has 0 fully saturated rings. The topological polar surface area (TPSA) is 50.7 Å². The van der Waals surface area contributed by atoms with Crippen LogP contribution in [0.3, 0.4) is 0 Å². The third-order valence-corrected chi connectivity index (χ3v) is 3.48. The summed E-state index contributed by atoms with van der Waals surface area (Å²) >= 11 is 5.88. The summed E-state index contributed by atoms with van der Waals surface area (Å²) in [7, 11) is 0. The first-order valence-electron chi connectivity index (χ1n) is 7.51. The monoisotopic (exact) mass is 348 g/mol. The quantitative estimate of drug-likeness (QED) is 0.465. The second-order valence-electron chi connectivity index (χ2n) is 5.18. The number of hydrogen-bond donors (Lipinski definition) is 1. The fraction of sp³-hybridized carbons (Fsp3) is 0.222. The van der Waals surface area contributed by atoms with Crippen molar-refractivity contribution in [1.82, 2.24) is 5.43 Å². The summed E-state index contributed by atoms with van der Waals surface area (Å²) in [6.07, 6.45) is 2.09. The zero-order valence-corrected chi connectivity index (χ0v) is 14.0. The number of benzene rings is 2. The fourth-order valence-electron chi connectivity index (χ4n) is 2.00. The number of nitrogens with one attached hydrogen (secondary N) is 1. The van der Waals surface area contributed by atoms with Crippen molar-refractivity contribution < 1.29 is 13.9 Å². The molecule has 0 saturated carbocycles. The number of ether oxygens (including phenoxy) is 1. The van der Waals surface area contributed by atoms with E-state index in [1.807, 2.05) is 13.0 Å². The number of rotatable bonds is 7. The molecule has 1 amide bonds. The Hall–Kier alpha value is -2.40. The second-order valence-corrected chi connectivity index (χ2v) is 5.61. The highest BCUT2D eigenvalue weighted by molar-refractivity contribution is 6.30. The molecule has 2 aromatic carbocycles. The van der Waals surface area contributed by atoms with Gasteiger partial charge < -0.3 is 4.74 Å². The number of carbonyl (C=O) groups excluding carboxylic acids is 1. The highest BCUT2D eigenvalue weighted by atomic mass is 35.5. The summed E-state index contributed by atoms with van der Waals surface area (Å²) in [5, 5.41) is 4.40. The van der Waals surface area contributed by atoms with Crippen LogP contribution in [0.4, 0.5) is 4.39 Å². The van der Waals surface area contributed by atoms with Crippen LogP contribution in [0.25, 0.3) is 0 Å². The van der Waals surface area contributed by atoms with E-state index in [0.717, 1.165) is 11.3 Å². The maximum atomic E-state index is 13.4. The normalized spacial score (nSPS) is 10.8. The van der Waals surface area contributed by atoms with E-state index < -0.39 is 0 Å². The molecule has 0 spiro atoms. The Morgan fingerprint density at radius 3 is 2.88 bits per heavy atom. The molecule has 2 rings (SSSR count). The van der Waals surface area contributed by atoms with Crippen LogP contribution < -0.4 is 10.2 Å². The van der Waals surface area contributed by atoms with E-state index >= 15 is 0 Å². The lowest BCUT2D eigenvalue weighted by atomic mass is 10.2. The first-order chi connectivity index (χ1) is 11.6. The number of amides is 1. The lowest BCUT2D eigenvalue weighted by molar-refractivity contribution is -0.121. The SMILES string of the molecule is Cc1cc(Cl)ccc1OCCCC(=O)NN=Cc1ccccc1F. The number of hydrogen-bond acceptors (Lipinski definition) is 3. The Bertz CT molecular complexity index is 735. The van der Waals surface area contributed by atoms with E-state index in [2.05, 4.69) is 10.5 Å². The highest BCUT2D eigenvalue weighted by Crippen LogP contribution is 2.21. The van der Waals surface area contributed by atoms with Crippen LogP contribution in [-0.2, 0) is 4.79 Å². The third kappa shape index (κ3) is 5.66. The smallest absolute Gasteiger partial charge is 0.240 e. The van der Waals surface area contributed by atoms with E-state index in [1.54, 1.807) is 30.3 Å². The number of nitrogens with zero attached hydrogens (tertiary/aromatic N) is 1. The summed E-state index contributed by atoms with van der Waals surface area (Å²) in [5.41, 5.74) is 3.63. The molecule has 0 aliphatic rings. The molecule has 0 unspecified atom stereocenters. The first-order valence-corrected chi connectivity index (χ1v) is 7.89. The van der Waals surface area contributed by atoms with Crippen molar-refractivity contribution in [3.8, 4) is 5.75 Å². The van der Waals surface area contributed by atoms with Gasteiger partial charge in [-0.15, -0.1) is 0 Å². The highest BCUT2D eigenvalue weighted by Gasteiger charge is 2.03. The summed E-state index contributed by atoms with van der Waals surface area (Å²) in [6.45, 7) is 2.32. The van der Waals surface area contributed by atoms with Crippen molar-refractivity contribution in [3.63, 3.8) is 0 Å². The van der Waals surface area contributed by atoms with Gasteiger partial charge in [0.2, 0.25) is 5.91 Å². The third-order valence-electron chi connectivity index (χ3n) is 3.24. The maximum absolute atomic E-state index is 13.4. The van der Waals surface area contributed by atoms with E-state index in [9.17, 15) is 9.18 Å². The van der Waals surface area contributed by atoms with E-state index in [4.69, 9.17) is 16.3 Å². The largest absolute Gasteiger partial charge is 0.493 e. The van der Waals surface area contributed by atoms with Crippen molar-refractivity contribution in [3.05, 3.63) is 64.4 Å². The summed E-state index contributed by atoms with van der Waals surface area (Å²) in [4.78, 5) is 11.6. The minimum atomic E-state index is -0.387. The maximum Gasteiger partial charge on any atom is 0.240 e. The predicted molar refractivity (Wildman–Crippen MR) is 93.1 cm³/mol. The van der Waals surface area contributed by atoms with Crippen molar-refractivity contribution in [2.75, 3.05) is 6.61 Å². The lowest BCUT2D eigenvalue weighted by Gasteiger charge is -2.08. The van der Waals surface area contributed by atoms with Gasteiger partial charge in [-0.2, -0.15) is 5.10 Å². The van der Waals surface area contributed by atoms with Crippen molar-refractivity contribution in [2.45, 2.75) is 19.8 Å². The summed E-state index contributed by atoms with van der Waals surface area (Å²) in [6, 6.07) is 11.6. The molecule has 0 saturated heterocycles. The molecule has 6 heteroatoms. The Morgan fingerprint density at radius 1 is 1.33 bits per heavy atom. The summed E-state index contributed by atoms with van der Waals surface area (Å²) in [5.74, 6) is 0.110. The van der Waals surface area contributed by atoms with Crippen molar-refractivity contribution in [1.29, 1.82) is 0 Å². The Balaban J connectivity index is 1.69. The van der Waals surface area contributed by atoms with Crippen molar-refractivity contribution >= 4 is 23.7 Å². The van der Waals surface area contributed by atoms with Crippen LogP contribution in [0.1, 0.15) is 24.0 Å². The van der Waals surface area contributed by atoms with Crippen LogP contribution in [0.2, 0.25) is 5.02 Å². The Kier molecular flexibility index (Phi) is 6.75. The van der Waals surface area contributed by atoms with Gasteiger partial charge in [-0.3, -0.25) is 4.79 Å². The van der Waals surface area contributed by atoms with Gasteiger partial charge in [0.25, 0.3) is 0 Å². The van der Waals surface area contributed by atoms with Gasteiger partial charge in [0.1, 0.15) is 11.6 Å². The Labute approximate surface area is 145 Å². The van der Waals surface area contributed by atoms with Gasteiger partial charge in [0.05, 0.1) is 12.8 Å². The molecular weight excluding hydrogens is 331 g/mol. The summed E-state index contributed by atoms with van der Waals surface area (Å²) < 4.78 is 19.0. The van der Waals surface area contributed by atoms with Crippen molar-refractivity contribution in [2.24, 2.45) is 5.10 Å². The van der Waals surface area contributed by atoms with Crippen LogP contribution >= 0.6 is 11.6 Å². The van der Waals surface area contributed by atoms with Crippen LogP contribution in [0, 0.1) is 12.7 Å². The number of carbonyl (C=O) groups is 1. The zero-order valence-electron chi connectivity index (χ0n) is 13.3. The lowest BCUT2D eigenvalue weighted by Crippen LogP contribution is -2.18. The van der Waals surface area contributed by atoms with Gasteiger partial charge in [-0.25, -0.2) is 9.82 Å². The van der Waals surface area contributed by atoms with Crippen LogP contribution in [-0.4, -0.2) is 18.7 Å². The van der Waals surface area contributed by atoms with Gasteiger partial charge in [0, 0.05) is 17.0 Å². The zero-order chi connectivity index (χ0) is 17.4. The minimum absolute atomic E-state index is 0.251. The standard InChI is InChI=1S/C18H18ClFN2O2/c1-13-11-15(19)8-9-17(13)24-10-4-7-18(23)22-21-12-14-5-2-3-6-16(14)20/h2-3,5-6,8-9,11-12H,4,7,10H2,1H3,(H,22,23). The molecule has 0 aromatic heterocycles. The van der Waals surface area contributed by atoms with E-state index in [0.29, 0.717) is 23.6 Å². The molecule has 0 heterocycles. The molecule has 0 radical (unpaired) electrons. The number of hydrazone groups is 1. The van der Waals surface area contributed by atoms with Gasteiger partial charge in [-0.05, 0) is 43.2 Å². The van der Waals surface area contributed by atoms with E-state index in [1.165, 1.54) is 12.3 Å². The molecular formula is C18H18ClFN2O2.